The van der Waals surface area contributed by atoms with E-state index in [2.05, 4.69) is 38.3 Å². The van der Waals surface area contributed by atoms with Crippen LogP contribution < -0.4 is 13.8 Å². The average molecular weight is 675 g/mol. The van der Waals surface area contributed by atoms with Crippen LogP contribution in [0.4, 0.5) is 0 Å². The number of likely N-dealkylation sites (N-methyl/N-ethyl adjacent to an activating group) is 1. The fourth-order valence-corrected chi connectivity index (χ4v) is 10.2. The van der Waals surface area contributed by atoms with Gasteiger partial charge in [-0.25, -0.2) is 9.03 Å². The molecule has 1 aromatic heterocycles. The van der Waals surface area contributed by atoms with Crippen LogP contribution in [-0.4, -0.2) is 88.5 Å². The number of ether oxygens (including phenoxy) is 1. The van der Waals surface area contributed by atoms with Crippen LogP contribution in [0.3, 0.4) is 0 Å². The fourth-order valence-electron chi connectivity index (χ4n) is 9.59. The number of hydrogen-bond acceptors (Lipinski definition) is 6. The summed E-state index contributed by atoms with van der Waals surface area (Å²) in [5.74, 6) is 1.34. The second kappa shape index (κ2) is 11.6. The van der Waals surface area contributed by atoms with E-state index in [1.165, 1.54) is 57.3 Å². The van der Waals surface area contributed by atoms with Crippen molar-refractivity contribution in [3.05, 3.63) is 53.1 Å². The zero-order valence-corrected chi connectivity index (χ0v) is 29.4. The van der Waals surface area contributed by atoms with Gasteiger partial charge >= 0.3 is 10.2 Å². The third kappa shape index (κ3) is 4.98. The maximum Gasteiger partial charge on any atom is 0.394 e. The first-order valence-electron chi connectivity index (χ1n) is 17.7. The van der Waals surface area contributed by atoms with Gasteiger partial charge in [0.2, 0.25) is 5.91 Å². The zero-order chi connectivity index (χ0) is 33.5. The molecule has 48 heavy (non-hydrogen) atoms. The number of carbonyl (C=O) groups is 2. The van der Waals surface area contributed by atoms with Crippen molar-refractivity contribution in [2.45, 2.75) is 75.8 Å². The van der Waals surface area contributed by atoms with Gasteiger partial charge in [0.05, 0.1) is 32.3 Å². The summed E-state index contributed by atoms with van der Waals surface area (Å²) in [7, 11) is 2.96. The Kier molecular flexibility index (Phi) is 7.69. The lowest BCUT2D eigenvalue weighted by Gasteiger charge is -2.33. The Balaban J connectivity index is 1.29. The van der Waals surface area contributed by atoms with Crippen molar-refractivity contribution in [1.82, 2.24) is 19.1 Å². The number of rotatable bonds is 6. The highest BCUT2D eigenvalue weighted by Gasteiger charge is 2.64. The molecule has 2 aliphatic carbocycles. The van der Waals surface area contributed by atoms with E-state index in [1.54, 1.807) is 13.2 Å². The van der Waals surface area contributed by atoms with Crippen LogP contribution in [0.1, 0.15) is 84.7 Å². The Morgan fingerprint density at radius 2 is 1.79 bits per heavy atom. The molecule has 2 amide bonds. The van der Waals surface area contributed by atoms with E-state index in [1.807, 2.05) is 18.2 Å². The quantitative estimate of drug-likeness (QED) is 0.415. The van der Waals surface area contributed by atoms with E-state index in [-0.39, 0.29) is 16.1 Å². The molecule has 3 aromatic rings. The second-order valence-corrected chi connectivity index (χ2v) is 17.3. The molecular weight excluding hydrogens is 627 g/mol. The van der Waals surface area contributed by atoms with E-state index in [4.69, 9.17) is 4.74 Å². The highest BCUT2D eigenvalue weighted by atomic mass is 32.2. The normalized spacial score (nSPS) is 27.2. The third-order valence-corrected chi connectivity index (χ3v) is 13.8. The number of quaternary nitrogens is 1. The third-order valence-electron chi connectivity index (χ3n) is 12.3. The Hall–Kier alpha value is -3.41. The topological polar surface area (TPSA) is 105 Å². The number of nitrogens with zero attached hydrogens (tertiary/aromatic N) is 3. The standard InChI is InChI=1S/C37H47N5O5S/c1-39(2)48(45,46)38-35(43)24-12-14-28-31(17-24)42-22-37(36(44)41-20-25-11-8-16-40(3)32(25)21-41)19-30(37)29-18-26(47-4)13-15-27(29)34(42)33(28)23-9-6-5-7-10-23/h12-15,17-18,23,25,30,32H,5-11,16,19-22H2,1-4H3,(H,38,43)/p+1. The molecule has 256 valence electrons. The highest BCUT2D eigenvalue weighted by molar-refractivity contribution is 7.83. The molecular formula is C37H48N5O5S+. The molecule has 4 unspecified atom stereocenters. The molecule has 0 radical (unpaired) electrons. The summed E-state index contributed by atoms with van der Waals surface area (Å²) >= 11 is 0. The van der Waals surface area contributed by atoms with Gasteiger partial charge in [0.1, 0.15) is 5.75 Å². The summed E-state index contributed by atoms with van der Waals surface area (Å²) in [6.07, 6.45) is 8.90. The van der Waals surface area contributed by atoms with E-state index >= 15 is 0 Å². The van der Waals surface area contributed by atoms with Crippen LogP contribution in [0, 0.1) is 11.3 Å². The van der Waals surface area contributed by atoms with Crippen LogP contribution >= 0.6 is 0 Å². The number of fused-ring (bicyclic) bond motifs is 8. The van der Waals surface area contributed by atoms with Crippen molar-refractivity contribution in [3.8, 4) is 17.0 Å². The Bertz CT molecular complexity index is 1910. The zero-order valence-electron chi connectivity index (χ0n) is 28.5. The number of benzene rings is 2. The van der Waals surface area contributed by atoms with Gasteiger partial charge in [-0.15, -0.1) is 0 Å². The Labute approximate surface area is 283 Å². The van der Waals surface area contributed by atoms with Gasteiger partial charge in [-0.05, 0) is 99.0 Å². The predicted octanol–water partition coefficient (Wildman–Crippen LogP) is 3.52. The smallest absolute Gasteiger partial charge is 0.394 e. The van der Waals surface area contributed by atoms with Crippen molar-refractivity contribution >= 4 is 32.9 Å². The molecule has 3 aliphatic heterocycles. The number of hydrogen-bond donors (Lipinski definition) is 2. The lowest BCUT2D eigenvalue weighted by atomic mass is 9.81. The minimum Gasteiger partial charge on any atom is -0.497 e. The first kappa shape index (κ1) is 31.8. The molecule has 0 spiro atoms. The number of amides is 2. The lowest BCUT2D eigenvalue weighted by molar-refractivity contribution is -0.718. The van der Waals surface area contributed by atoms with Gasteiger partial charge < -0.3 is 19.1 Å². The molecule has 0 bridgehead atoms. The van der Waals surface area contributed by atoms with E-state index in [9.17, 15) is 18.0 Å². The van der Waals surface area contributed by atoms with Gasteiger partial charge in [0, 0.05) is 53.6 Å². The number of nitrogens with one attached hydrogen (secondary N) is 2. The van der Waals surface area contributed by atoms with Crippen molar-refractivity contribution in [1.29, 1.82) is 0 Å². The van der Waals surface area contributed by atoms with Crippen molar-refractivity contribution in [2.75, 3.05) is 47.9 Å². The molecule has 2 saturated carbocycles. The van der Waals surface area contributed by atoms with Crippen molar-refractivity contribution in [3.63, 3.8) is 0 Å². The minimum absolute atomic E-state index is 0.0734. The first-order valence-corrected chi connectivity index (χ1v) is 19.2. The van der Waals surface area contributed by atoms with Crippen LogP contribution in [0.15, 0.2) is 36.4 Å². The van der Waals surface area contributed by atoms with E-state index in [0.717, 1.165) is 66.8 Å². The Morgan fingerprint density at radius 1 is 1.00 bits per heavy atom. The van der Waals surface area contributed by atoms with Gasteiger partial charge in [-0.2, -0.15) is 8.42 Å². The highest BCUT2D eigenvalue weighted by Crippen LogP contribution is 2.66. The summed E-state index contributed by atoms with van der Waals surface area (Å²) in [6.45, 7) is 3.20. The number of piperidine rings is 1. The van der Waals surface area contributed by atoms with Gasteiger partial charge in [-0.3, -0.25) is 9.59 Å². The summed E-state index contributed by atoms with van der Waals surface area (Å²) in [5, 5.41) is 1.09. The van der Waals surface area contributed by atoms with Gasteiger partial charge in [0.15, 0.2) is 0 Å². The molecule has 2 aromatic carbocycles. The molecule has 4 fully saturated rings. The number of likely N-dealkylation sites (tertiary alicyclic amines) is 2. The summed E-state index contributed by atoms with van der Waals surface area (Å²) in [6, 6.07) is 12.4. The molecule has 10 nitrogen and oxygen atoms in total. The molecule has 5 aliphatic rings. The molecule has 2 saturated heterocycles. The molecule has 11 heteroatoms. The van der Waals surface area contributed by atoms with Crippen LogP contribution in [-0.2, 0) is 21.5 Å². The second-order valence-electron chi connectivity index (χ2n) is 15.3. The van der Waals surface area contributed by atoms with Crippen LogP contribution in [0.25, 0.3) is 22.2 Å². The number of carbonyl (C=O) groups excluding carboxylic acids is 2. The monoisotopic (exact) mass is 674 g/mol. The first-order chi connectivity index (χ1) is 23.0. The van der Waals surface area contributed by atoms with E-state index in [0.29, 0.717) is 30.0 Å². The largest absolute Gasteiger partial charge is 0.497 e. The van der Waals surface area contributed by atoms with E-state index < -0.39 is 21.5 Å². The minimum atomic E-state index is -3.88. The summed E-state index contributed by atoms with van der Waals surface area (Å²) in [4.78, 5) is 32.9. The lowest BCUT2D eigenvalue weighted by Crippen LogP contribution is -3.09. The summed E-state index contributed by atoms with van der Waals surface area (Å²) in [5.41, 5.74) is 5.35. The van der Waals surface area contributed by atoms with Crippen molar-refractivity contribution < 1.29 is 27.0 Å². The molecule has 8 rings (SSSR count). The van der Waals surface area contributed by atoms with Gasteiger partial charge in [0.25, 0.3) is 5.91 Å². The Morgan fingerprint density at radius 3 is 2.52 bits per heavy atom. The average Bonchev–Trinajstić information content (AvgIpc) is 3.53. The maximum atomic E-state index is 14.9. The fraction of sp³-hybridized carbons (Fsp3) is 0.568. The van der Waals surface area contributed by atoms with Crippen molar-refractivity contribution in [2.24, 2.45) is 11.3 Å². The van der Waals surface area contributed by atoms with Crippen LogP contribution in [0.2, 0.25) is 0 Å². The number of methoxy groups -OCH3 is 1. The molecule has 2 N–H and O–H groups in total. The predicted molar refractivity (Wildman–Crippen MR) is 184 cm³/mol. The SMILES string of the molecule is COc1ccc2c(c1)C1CC1(C(=O)N1CC3CCCN(C)C3C1)Cn1c-2c(C2CCCCC2)c2ccc(C(=O)NS(=O)(=O)[NH+](C)C)cc21. The van der Waals surface area contributed by atoms with Gasteiger partial charge in [-0.1, -0.05) is 25.3 Å². The number of aromatic nitrogens is 1. The molecule has 4 atom stereocenters. The van der Waals surface area contributed by atoms with Crippen LogP contribution in [0.5, 0.6) is 5.75 Å². The molecule has 4 heterocycles. The maximum absolute atomic E-state index is 14.9. The summed E-state index contributed by atoms with van der Waals surface area (Å²) < 4.78 is 35.7.